The molecule has 1 fully saturated rings. The predicted molar refractivity (Wildman–Crippen MR) is 139 cm³/mol. The number of nitrogens with one attached hydrogen (secondary N) is 1. The Morgan fingerprint density at radius 3 is 2.41 bits per heavy atom. The van der Waals surface area contributed by atoms with Crippen molar-refractivity contribution in [2.24, 2.45) is 17.4 Å². The van der Waals surface area contributed by atoms with Crippen LogP contribution in [0.1, 0.15) is 29.5 Å². The fourth-order valence-corrected chi connectivity index (χ4v) is 5.05. The molecule has 7 nitrogen and oxygen atoms in total. The molecule has 1 amide bonds. The van der Waals surface area contributed by atoms with Gasteiger partial charge in [0.15, 0.2) is 12.5 Å². The van der Waals surface area contributed by atoms with Crippen LogP contribution in [0.25, 0.3) is 0 Å². The summed E-state index contributed by atoms with van der Waals surface area (Å²) in [6, 6.07) is 16.6. The van der Waals surface area contributed by atoms with Crippen molar-refractivity contribution in [2.45, 2.75) is 32.4 Å². The summed E-state index contributed by atoms with van der Waals surface area (Å²) in [6.45, 7) is 5.23. The molecule has 0 atom stereocenters. The number of rotatable bonds is 7. The molecule has 5 N–H and O–H groups in total. The Balaban J connectivity index is 0.00000204. The molecule has 2 aliphatic rings. The zero-order valence-corrected chi connectivity index (χ0v) is 21.1. The van der Waals surface area contributed by atoms with Gasteiger partial charge in [-0.05, 0) is 29.7 Å². The highest BCUT2D eigenvalue weighted by Crippen LogP contribution is 2.28. The highest BCUT2D eigenvalue weighted by Gasteiger charge is 2.35. The first kappa shape index (κ1) is 27.8. The average molecular weight is 510 g/mol. The smallest absolute Gasteiger partial charge is 0.272 e. The van der Waals surface area contributed by atoms with Crippen LogP contribution in [-0.2, 0) is 24.3 Å². The molecular weight excluding hydrogens is 473 g/mol. The summed E-state index contributed by atoms with van der Waals surface area (Å²) in [6.07, 6.45) is 2.94. The molecular formula is C25H36Cl2N5O2+. The maximum Gasteiger partial charge on any atom is 0.272 e. The van der Waals surface area contributed by atoms with E-state index in [1.165, 1.54) is 16.7 Å². The van der Waals surface area contributed by atoms with Gasteiger partial charge in [0.1, 0.15) is 12.3 Å². The van der Waals surface area contributed by atoms with Crippen molar-refractivity contribution in [3.05, 3.63) is 65.2 Å². The Morgan fingerprint density at radius 1 is 1.06 bits per heavy atom. The SMILES string of the molecule is Cl.Cl.N=C(N)N1CCc2ccc(OCC3CC[N+](CC(N)=O)(Cc4ccccc4)CC3)cc2C1. The number of piperidine rings is 1. The highest BCUT2D eigenvalue weighted by atomic mass is 35.5. The summed E-state index contributed by atoms with van der Waals surface area (Å²) in [5.41, 5.74) is 15.0. The molecule has 34 heavy (non-hydrogen) atoms. The average Bonchev–Trinajstić information content (AvgIpc) is 2.78. The van der Waals surface area contributed by atoms with Crippen molar-refractivity contribution in [1.29, 1.82) is 5.41 Å². The number of ether oxygens (including phenoxy) is 1. The summed E-state index contributed by atoms with van der Waals surface area (Å²) in [4.78, 5) is 13.7. The molecule has 2 aromatic carbocycles. The van der Waals surface area contributed by atoms with Gasteiger partial charge in [0.05, 0.1) is 19.7 Å². The van der Waals surface area contributed by atoms with Crippen LogP contribution in [0.5, 0.6) is 5.75 Å². The van der Waals surface area contributed by atoms with Crippen LogP contribution in [0.3, 0.4) is 0 Å². The van der Waals surface area contributed by atoms with Crippen molar-refractivity contribution >= 4 is 36.7 Å². The second-order valence-electron chi connectivity index (χ2n) is 9.30. The van der Waals surface area contributed by atoms with Gasteiger partial charge in [-0.3, -0.25) is 10.2 Å². The number of fused-ring (bicyclic) bond motifs is 1. The molecule has 1 saturated heterocycles. The third kappa shape index (κ3) is 7.01. The van der Waals surface area contributed by atoms with Gasteiger partial charge in [-0.15, -0.1) is 24.8 Å². The number of carbonyl (C=O) groups is 1. The Kier molecular flexibility index (Phi) is 10.0. The summed E-state index contributed by atoms with van der Waals surface area (Å²) < 4.78 is 6.90. The quantitative estimate of drug-likeness (QED) is 0.303. The van der Waals surface area contributed by atoms with Crippen molar-refractivity contribution in [2.75, 3.05) is 32.8 Å². The van der Waals surface area contributed by atoms with Crippen LogP contribution in [0, 0.1) is 11.3 Å². The first-order chi connectivity index (χ1) is 15.4. The number of hydrogen-bond donors (Lipinski definition) is 3. The molecule has 0 bridgehead atoms. The minimum Gasteiger partial charge on any atom is -0.493 e. The van der Waals surface area contributed by atoms with Crippen molar-refractivity contribution in [3.63, 3.8) is 0 Å². The van der Waals surface area contributed by atoms with Gasteiger partial charge < -0.3 is 25.6 Å². The topological polar surface area (TPSA) is 105 Å². The number of hydrogen-bond acceptors (Lipinski definition) is 3. The standard InChI is InChI=1S/C25H33N5O2.2ClH/c26-24(31)17-30(16-19-4-2-1-3-5-19)12-9-20(10-13-30)18-32-23-7-6-21-8-11-29(25(27)28)15-22(21)14-23;;/h1-7,14,20H,8-13,15-18H2,(H4-,26,27,28,31);2*1H/p+1. The van der Waals surface area contributed by atoms with Crippen LogP contribution in [0.4, 0.5) is 0 Å². The van der Waals surface area contributed by atoms with E-state index in [0.717, 1.165) is 55.7 Å². The Labute approximate surface area is 214 Å². The van der Waals surface area contributed by atoms with E-state index < -0.39 is 0 Å². The molecule has 2 aromatic rings. The monoisotopic (exact) mass is 508 g/mol. The number of carbonyl (C=O) groups excluding carboxylic acids is 1. The van der Waals surface area contributed by atoms with Crippen LogP contribution in [0.2, 0.25) is 0 Å². The number of benzene rings is 2. The van der Waals surface area contributed by atoms with E-state index in [2.05, 4.69) is 24.3 Å². The number of amides is 1. The first-order valence-corrected chi connectivity index (χ1v) is 11.4. The molecule has 2 aliphatic heterocycles. The van der Waals surface area contributed by atoms with E-state index in [9.17, 15) is 4.79 Å². The minimum atomic E-state index is -0.232. The number of quaternary nitrogens is 1. The van der Waals surface area contributed by atoms with E-state index >= 15 is 0 Å². The van der Waals surface area contributed by atoms with Crippen LogP contribution in [-0.4, -0.2) is 54.0 Å². The van der Waals surface area contributed by atoms with Crippen LogP contribution < -0.4 is 16.2 Å². The fraction of sp³-hybridized carbons (Fsp3) is 0.440. The maximum atomic E-state index is 11.8. The summed E-state index contributed by atoms with van der Waals surface area (Å²) in [5.74, 6) is 1.23. The third-order valence-electron chi connectivity index (χ3n) is 6.89. The molecule has 0 spiro atoms. The van der Waals surface area contributed by atoms with Gasteiger partial charge >= 0.3 is 0 Å². The lowest BCUT2D eigenvalue weighted by molar-refractivity contribution is -0.939. The van der Waals surface area contributed by atoms with Gasteiger partial charge in [-0.25, -0.2) is 0 Å². The Morgan fingerprint density at radius 2 is 1.76 bits per heavy atom. The van der Waals surface area contributed by atoms with E-state index in [1.807, 2.05) is 29.2 Å². The van der Waals surface area contributed by atoms with Gasteiger partial charge in [-0.2, -0.15) is 0 Å². The number of nitrogens with two attached hydrogens (primary N) is 2. The van der Waals surface area contributed by atoms with E-state index in [1.54, 1.807) is 0 Å². The first-order valence-electron chi connectivity index (χ1n) is 11.4. The van der Waals surface area contributed by atoms with Crippen molar-refractivity contribution in [1.82, 2.24) is 4.90 Å². The van der Waals surface area contributed by atoms with E-state index in [0.29, 0.717) is 25.6 Å². The lowest BCUT2D eigenvalue weighted by Gasteiger charge is -2.43. The normalized spacial score (nSPS) is 21.4. The van der Waals surface area contributed by atoms with E-state index in [4.69, 9.17) is 21.6 Å². The summed E-state index contributed by atoms with van der Waals surface area (Å²) in [7, 11) is 0. The third-order valence-corrected chi connectivity index (χ3v) is 6.89. The van der Waals surface area contributed by atoms with Crippen molar-refractivity contribution in [3.8, 4) is 5.75 Å². The van der Waals surface area contributed by atoms with Gasteiger partial charge in [-0.1, -0.05) is 36.4 Å². The number of nitrogens with zero attached hydrogens (tertiary/aromatic N) is 2. The summed E-state index contributed by atoms with van der Waals surface area (Å²) >= 11 is 0. The second-order valence-corrected chi connectivity index (χ2v) is 9.30. The zero-order valence-electron chi connectivity index (χ0n) is 19.4. The number of halogens is 2. The summed E-state index contributed by atoms with van der Waals surface area (Å²) in [5, 5.41) is 7.69. The number of guanidine groups is 1. The zero-order chi connectivity index (χ0) is 22.6. The molecule has 0 saturated carbocycles. The van der Waals surface area contributed by atoms with Crippen LogP contribution in [0.15, 0.2) is 48.5 Å². The Hall–Kier alpha value is -2.48. The molecule has 0 unspecified atom stereocenters. The number of primary amides is 1. The lowest BCUT2D eigenvalue weighted by atomic mass is 9.94. The number of likely N-dealkylation sites (tertiary alicyclic amines) is 1. The molecule has 2 heterocycles. The Bertz CT molecular complexity index is 965. The molecule has 9 heteroatoms. The van der Waals surface area contributed by atoms with Gasteiger partial charge in [0.25, 0.3) is 5.91 Å². The van der Waals surface area contributed by atoms with Crippen molar-refractivity contribution < 1.29 is 14.0 Å². The van der Waals surface area contributed by atoms with Gasteiger partial charge in [0.2, 0.25) is 0 Å². The maximum absolute atomic E-state index is 11.8. The largest absolute Gasteiger partial charge is 0.493 e. The lowest BCUT2D eigenvalue weighted by Crippen LogP contribution is -2.56. The predicted octanol–water partition coefficient (Wildman–Crippen LogP) is 3.07. The second kappa shape index (κ2) is 12.3. The molecule has 186 valence electrons. The molecule has 0 radical (unpaired) electrons. The molecule has 4 rings (SSSR count). The fourth-order valence-electron chi connectivity index (χ4n) is 5.05. The highest BCUT2D eigenvalue weighted by molar-refractivity contribution is 5.85. The van der Waals surface area contributed by atoms with E-state index in [-0.39, 0.29) is 36.7 Å². The van der Waals surface area contributed by atoms with Crippen LogP contribution >= 0.6 is 24.8 Å². The minimum absolute atomic E-state index is 0. The molecule has 0 aromatic heterocycles. The van der Waals surface area contributed by atoms with Gasteiger partial charge in [0, 0.05) is 37.4 Å². The molecule has 0 aliphatic carbocycles.